The van der Waals surface area contributed by atoms with E-state index in [9.17, 15) is 9.59 Å². The second-order valence-electron chi connectivity index (χ2n) is 7.40. The topological polar surface area (TPSA) is 117 Å². The molecule has 0 bridgehead atoms. The van der Waals surface area contributed by atoms with Gasteiger partial charge in [0.1, 0.15) is 11.9 Å². The Morgan fingerprint density at radius 1 is 1.21 bits per heavy atom. The molecular weight excluding hydrogens is 370 g/mol. The number of aromatic amines is 1. The van der Waals surface area contributed by atoms with Crippen LogP contribution in [0.15, 0.2) is 42.7 Å². The number of carbonyl (C=O) groups excluding carboxylic acids is 2. The van der Waals surface area contributed by atoms with Gasteiger partial charge in [-0.2, -0.15) is 0 Å². The number of likely N-dealkylation sites (N-methyl/N-ethyl adjacent to an activating group) is 1. The van der Waals surface area contributed by atoms with Gasteiger partial charge in [0.15, 0.2) is 5.82 Å². The first-order valence-electron chi connectivity index (χ1n) is 9.46. The summed E-state index contributed by atoms with van der Waals surface area (Å²) in [6, 6.07) is 9.15. The summed E-state index contributed by atoms with van der Waals surface area (Å²) in [4.78, 5) is 38.8. The highest BCUT2D eigenvalue weighted by atomic mass is 16.2. The minimum Gasteiger partial charge on any atom is -0.337 e. The SMILES string of the molecule is CN1C(=O)[C@@H](NC(=O)c2nnc(Cc3ccccc3)[nH]2)C2C[C@H]2c2nccnc21. The first-order chi connectivity index (χ1) is 14.1. The Hall–Kier alpha value is -3.62. The fourth-order valence-corrected chi connectivity index (χ4v) is 3.90. The van der Waals surface area contributed by atoms with Gasteiger partial charge in [0.25, 0.3) is 11.8 Å². The number of nitrogens with one attached hydrogen (secondary N) is 2. The molecule has 3 aromatic rings. The first kappa shape index (κ1) is 17.5. The third-order valence-electron chi connectivity index (χ3n) is 5.49. The predicted molar refractivity (Wildman–Crippen MR) is 103 cm³/mol. The molecule has 0 spiro atoms. The van der Waals surface area contributed by atoms with Gasteiger partial charge in [0, 0.05) is 31.8 Å². The Balaban J connectivity index is 1.32. The summed E-state index contributed by atoms with van der Waals surface area (Å²) in [7, 11) is 1.66. The quantitative estimate of drug-likeness (QED) is 0.689. The molecule has 9 nitrogen and oxygen atoms in total. The van der Waals surface area contributed by atoms with Crippen LogP contribution in [-0.2, 0) is 11.2 Å². The molecule has 2 N–H and O–H groups in total. The highest BCUT2D eigenvalue weighted by Gasteiger charge is 2.53. The zero-order valence-electron chi connectivity index (χ0n) is 15.7. The van der Waals surface area contributed by atoms with Crippen molar-refractivity contribution in [2.45, 2.75) is 24.8 Å². The fourth-order valence-electron chi connectivity index (χ4n) is 3.90. The molecule has 0 radical (unpaired) electrons. The van der Waals surface area contributed by atoms with Gasteiger partial charge in [-0.05, 0) is 17.9 Å². The summed E-state index contributed by atoms with van der Waals surface area (Å²) in [6.07, 6.45) is 4.55. The minimum atomic E-state index is -0.642. The van der Waals surface area contributed by atoms with Crippen LogP contribution in [0.4, 0.5) is 5.82 Å². The monoisotopic (exact) mass is 389 g/mol. The van der Waals surface area contributed by atoms with Gasteiger partial charge in [-0.15, -0.1) is 10.2 Å². The number of nitrogens with zero attached hydrogens (tertiary/aromatic N) is 5. The molecular formula is C20H19N7O2. The third-order valence-corrected chi connectivity index (χ3v) is 5.49. The molecule has 5 rings (SSSR count). The number of rotatable bonds is 4. The molecule has 3 atom stereocenters. The largest absolute Gasteiger partial charge is 0.337 e. The maximum Gasteiger partial charge on any atom is 0.289 e. The molecule has 29 heavy (non-hydrogen) atoms. The smallest absolute Gasteiger partial charge is 0.289 e. The molecule has 2 aromatic heterocycles. The van der Waals surface area contributed by atoms with E-state index in [1.165, 1.54) is 4.90 Å². The van der Waals surface area contributed by atoms with Crippen LogP contribution >= 0.6 is 0 Å². The van der Waals surface area contributed by atoms with Crippen LogP contribution in [0.5, 0.6) is 0 Å². The van der Waals surface area contributed by atoms with E-state index < -0.39 is 11.9 Å². The summed E-state index contributed by atoms with van der Waals surface area (Å²) in [5.41, 5.74) is 1.88. The molecule has 2 aliphatic rings. The number of amides is 2. The van der Waals surface area contributed by atoms with Crippen molar-refractivity contribution in [3.05, 3.63) is 65.6 Å². The number of benzene rings is 1. The molecule has 1 aliphatic heterocycles. The molecule has 0 saturated heterocycles. The van der Waals surface area contributed by atoms with Crippen LogP contribution in [0.3, 0.4) is 0 Å². The summed E-state index contributed by atoms with van der Waals surface area (Å²) in [5.74, 6) is 0.749. The van der Waals surface area contributed by atoms with Crippen molar-refractivity contribution < 1.29 is 9.59 Å². The van der Waals surface area contributed by atoms with Gasteiger partial charge >= 0.3 is 0 Å². The maximum atomic E-state index is 13.0. The molecule has 1 unspecified atom stereocenters. The zero-order chi connectivity index (χ0) is 20.0. The molecule has 1 aromatic carbocycles. The average molecular weight is 389 g/mol. The second kappa shape index (κ2) is 6.77. The van der Waals surface area contributed by atoms with Gasteiger partial charge in [-0.1, -0.05) is 30.3 Å². The van der Waals surface area contributed by atoms with Crippen LogP contribution in [0.2, 0.25) is 0 Å². The Morgan fingerprint density at radius 2 is 2.00 bits per heavy atom. The number of carbonyl (C=O) groups is 2. The van der Waals surface area contributed by atoms with Crippen LogP contribution in [0, 0.1) is 5.92 Å². The van der Waals surface area contributed by atoms with Crippen molar-refractivity contribution in [3.8, 4) is 0 Å². The molecule has 1 fully saturated rings. The van der Waals surface area contributed by atoms with Crippen molar-refractivity contribution >= 4 is 17.6 Å². The Labute approximate surface area is 166 Å². The molecule has 9 heteroatoms. The van der Waals surface area contributed by atoms with Gasteiger partial charge in [0.2, 0.25) is 5.82 Å². The van der Waals surface area contributed by atoms with Crippen LogP contribution in [0.25, 0.3) is 0 Å². The summed E-state index contributed by atoms with van der Waals surface area (Å²) < 4.78 is 0. The van der Waals surface area contributed by atoms with Gasteiger partial charge < -0.3 is 10.3 Å². The van der Waals surface area contributed by atoms with Crippen LogP contribution in [-0.4, -0.2) is 50.1 Å². The van der Waals surface area contributed by atoms with E-state index >= 15 is 0 Å². The molecule has 146 valence electrons. The summed E-state index contributed by atoms with van der Waals surface area (Å²) >= 11 is 0. The molecule has 1 aliphatic carbocycles. The van der Waals surface area contributed by atoms with Crippen molar-refractivity contribution in [3.63, 3.8) is 0 Å². The Bertz CT molecular complexity index is 1080. The predicted octanol–water partition coefficient (Wildman–Crippen LogP) is 1.06. The number of anilines is 1. The number of fused-ring (bicyclic) bond motifs is 3. The highest BCUT2D eigenvalue weighted by Crippen LogP contribution is 2.53. The first-order valence-corrected chi connectivity index (χ1v) is 9.46. The van der Waals surface area contributed by atoms with Crippen LogP contribution < -0.4 is 10.2 Å². The standard InChI is InChI=1S/C20H19N7O2/c1-27-18-15(21-7-8-22-18)12-10-13(12)16(20(27)29)24-19(28)17-23-14(25-26-17)9-11-5-3-2-4-6-11/h2-8,12-13,16H,9-10H2,1H3,(H,24,28)(H,23,25,26)/t12-,13?,16+/m1/s1. The maximum absolute atomic E-state index is 13.0. The van der Waals surface area contributed by atoms with Crippen LogP contribution in [0.1, 0.15) is 40.0 Å². The normalized spacial score (nSPS) is 22.4. The number of hydrogen-bond donors (Lipinski definition) is 2. The molecule has 3 heterocycles. The van der Waals surface area contributed by atoms with E-state index in [2.05, 4.69) is 30.5 Å². The lowest BCUT2D eigenvalue weighted by molar-refractivity contribution is -0.120. The van der Waals surface area contributed by atoms with E-state index in [0.717, 1.165) is 17.7 Å². The summed E-state index contributed by atoms with van der Waals surface area (Å²) in [6.45, 7) is 0. The third kappa shape index (κ3) is 3.14. The lowest BCUT2D eigenvalue weighted by Crippen LogP contribution is -2.48. The van der Waals surface area contributed by atoms with E-state index in [4.69, 9.17) is 0 Å². The molecule has 1 saturated carbocycles. The van der Waals surface area contributed by atoms with E-state index in [-0.39, 0.29) is 23.6 Å². The number of hydrogen-bond acceptors (Lipinski definition) is 6. The lowest BCUT2D eigenvalue weighted by Gasteiger charge is -2.22. The van der Waals surface area contributed by atoms with Gasteiger partial charge in [0.05, 0.1) is 5.69 Å². The highest BCUT2D eigenvalue weighted by molar-refractivity contribution is 6.02. The Kier molecular flexibility index (Phi) is 4.08. The lowest BCUT2D eigenvalue weighted by atomic mass is 10.1. The van der Waals surface area contributed by atoms with Crippen molar-refractivity contribution in [2.75, 3.05) is 11.9 Å². The minimum absolute atomic E-state index is 0.0126. The average Bonchev–Trinajstić information content (AvgIpc) is 3.41. The zero-order valence-corrected chi connectivity index (χ0v) is 15.7. The van der Waals surface area contributed by atoms with E-state index in [1.54, 1.807) is 19.4 Å². The number of H-pyrrole nitrogens is 1. The summed E-state index contributed by atoms with van der Waals surface area (Å²) in [5, 5.41) is 10.9. The van der Waals surface area contributed by atoms with E-state index in [1.807, 2.05) is 30.3 Å². The second-order valence-corrected chi connectivity index (χ2v) is 7.40. The van der Waals surface area contributed by atoms with Gasteiger partial charge in [-0.25, -0.2) is 4.98 Å². The Morgan fingerprint density at radius 3 is 2.83 bits per heavy atom. The van der Waals surface area contributed by atoms with Gasteiger partial charge in [-0.3, -0.25) is 19.5 Å². The number of aromatic nitrogens is 5. The van der Waals surface area contributed by atoms with Crippen molar-refractivity contribution in [1.29, 1.82) is 0 Å². The van der Waals surface area contributed by atoms with Crippen molar-refractivity contribution in [2.24, 2.45) is 5.92 Å². The van der Waals surface area contributed by atoms with E-state index in [0.29, 0.717) is 18.1 Å². The molecule has 2 amide bonds. The fraction of sp³-hybridized carbons (Fsp3) is 0.300. The van der Waals surface area contributed by atoms with Crippen molar-refractivity contribution in [1.82, 2.24) is 30.5 Å².